The van der Waals surface area contributed by atoms with E-state index in [4.69, 9.17) is 4.74 Å². The number of fused-ring (bicyclic) bond motifs is 1. The molecule has 2 aliphatic heterocycles. The molecule has 2 fully saturated rings. The Morgan fingerprint density at radius 2 is 1.88 bits per heavy atom. The summed E-state index contributed by atoms with van der Waals surface area (Å²) in [5, 5.41) is 3.45. The smallest absolute Gasteiger partial charge is 0.224 e. The molecule has 1 N–H and O–H groups in total. The van der Waals surface area contributed by atoms with E-state index in [1.54, 1.807) is 7.11 Å². The number of nitrogens with one attached hydrogen (secondary N) is 1. The Kier molecular flexibility index (Phi) is 6.23. The van der Waals surface area contributed by atoms with Crippen molar-refractivity contribution in [1.82, 2.24) is 10.2 Å². The minimum Gasteiger partial charge on any atom is -0.384 e. The summed E-state index contributed by atoms with van der Waals surface area (Å²) in [6.45, 7) is 4.70. The lowest BCUT2D eigenvalue weighted by atomic mass is 9.92. The van der Waals surface area contributed by atoms with E-state index in [2.05, 4.69) is 5.32 Å². The number of carbonyl (C=O) groups excluding carboxylic acids is 1. The Morgan fingerprint density at radius 1 is 1.29 bits per heavy atom. The molecule has 4 nitrogen and oxygen atoms in total. The summed E-state index contributed by atoms with van der Waals surface area (Å²) in [6.07, 6.45) is 2.86. The number of amides is 1. The molecule has 0 aromatic carbocycles. The molecule has 2 heterocycles. The molecule has 0 saturated carbocycles. The summed E-state index contributed by atoms with van der Waals surface area (Å²) >= 11 is 0. The molecule has 17 heavy (non-hydrogen) atoms. The maximum atomic E-state index is 11.9. The van der Waals surface area contributed by atoms with Crippen LogP contribution in [0.2, 0.25) is 0 Å². The highest BCUT2D eigenvalue weighted by atomic mass is 35.5. The first-order chi connectivity index (χ1) is 7.81. The van der Waals surface area contributed by atoms with Crippen LogP contribution in [0.4, 0.5) is 0 Å². The van der Waals surface area contributed by atoms with Crippen LogP contribution >= 0.6 is 12.4 Å². The van der Waals surface area contributed by atoms with Gasteiger partial charge in [0.15, 0.2) is 0 Å². The minimum absolute atomic E-state index is 0. The third-order valence-corrected chi connectivity index (χ3v) is 3.89. The summed E-state index contributed by atoms with van der Waals surface area (Å²) in [5.41, 5.74) is 0. The molecule has 0 radical (unpaired) electrons. The monoisotopic (exact) mass is 262 g/mol. The first kappa shape index (κ1) is 14.7. The molecule has 0 aromatic heterocycles. The van der Waals surface area contributed by atoms with Crippen LogP contribution in [0.5, 0.6) is 0 Å². The summed E-state index contributed by atoms with van der Waals surface area (Å²) in [4.78, 5) is 13.9. The molecule has 100 valence electrons. The van der Waals surface area contributed by atoms with Crippen LogP contribution in [-0.2, 0) is 9.53 Å². The largest absolute Gasteiger partial charge is 0.384 e. The normalized spacial score (nSPS) is 28.2. The van der Waals surface area contributed by atoms with Gasteiger partial charge in [-0.05, 0) is 37.8 Å². The average Bonchev–Trinajstić information content (AvgIpc) is 2.65. The van der Waals surface area contributed by atoms with E-state index >= 15 is 0 Å². The average molecular weight is 263 g/mol. The molecule has 1 amide bonds. The van der Waals surface area contributed by atoms with Gasteiger partial charge in [-0.3, -0.25) is 4.79 Å². The van der Waals surface area contributed by atoms with Crippen LogP contribution in [-0.4, -0.2) is 50.7 Å². The van der Waals surface area contributed by atoms with Crippen LogP contribution in [0, 0.1) is 11.8 Å². The first-order valence-corrected chi connectivity index (χ1v) is 6.28. The van der Waals surface area contributed by atoms with E-state index in [1.807, 2.05) is 4.90 Å². The van der Waals surface area contributed by atoms with Gasteiger partial charge < -0.3 is 15.0 Å². The summed E-state index contributed by atoms with van der Waals surface area (Å²) in [7, 11) is 1.64. The van der Waals surface area contributed by atoms with Crippen molar-refractivity contribution < 1.29 is 9.53 Å². The predicted octanol–water partition coefficient (Wildman–Crippen LogP) is 0.903. The van der Waals surface area contributed by atoms with Crippen LogP contribution in [0.1, 0.15) is 19.3 Å². The SMILES string of the molecule is COCCC(=O)N1CC[C@@H]2CNC[C@@H]2CC1.Cl. The van der Waals surface area contributed by atoms with Crippen molar-refractivity contribution in [1.29, 1.82) is 0 Å². The fourth-order valence-corrected chi connectivity index (χ4v) is 2.81. The number of hydrogen-bond acceptors (Lipinski definition) is 3. The highest BCUT2D eigenvalue weighted by Crippen LogP contribution is 2.27. The second-order valence-corrected chi connectivity index (χ2v) is 4.88. The summed E-state index contributed by atoms with van der Waals surface area (Å²) in [6, 6.07) is 0. The van der Waals surface area contributed by atoms with Gasteiger partial charge in [-0.1, -0.05) is 0 Å². The maximum absolute atomic E-state index is 11.9. The van der Waals surface area contributed by atoms with E-state index in [9.17, 15) is 4.79 Å². The van der Waals surface area contributed by atoms with Crippen LogP contribution in [0.3, 0.4) is 0 Å². The Hall–Kier alpha value is -0.320. The number of nitrogens with zero attached hydrogens (tertiary/aromatic N) is 1. The van der Waals surface area contributed by atoms with Gasteiger partial charge >= 0.3 is 0 Å². The summed E-state index contributed by atoms with van der Waals surface area (Å²) < 4.78 is 4.95. The van der Waals surface area contributed by atoms with Crippen molar-refractivity contribution in [2.45, 2.75) is 19.3 Å². The third kappa shape index (κ3) is 3.83. The van der Waals surface area contributed by atoms with Gasteiger partial charge in [0.1, 0.15) is 0 Å². The number of halogens is 1. The van der Waals surface area contributed by atoms with Gasteiger partial charge in [-0.25, -0.2) is 0 Å². The molecular weight excluding hydrogens is 240 g/mol. The molecule has 2 aliphatic rings. The number of rotatable bonds is 3. The molecular formula is C12H23ClN2O2. The van der Waals surface area contributed by atoms with E-state index in [-0.39, 0.29) is 18.3 Å². The van der Waals surface area contributed by atoms with Crippen molar-refractivity contribution in [2.24, 2.45) is 11.8 Å². The summed E-state index contributed by atoms with van der Waals surface area (Å²) in [5.74, 6) is 1.84. The molecule has 0 spiro atoms. The van der Waals surface area contributed by atoms with Gasteiger partial charge in [0.2, 0.25) is 5.91 Å². The standard InChI is InChI=1S/C12H22N2O2.ClH/c1-16-7-4-12(15)14-5-2-10-8-13-9-11(10)3-6-14;/h10-11,13H,2-9H2,1H3;1H/t10-,11+;. The lowest BCUT2D eigenvalue weighted by Crippen LogP contribution is -2.33. The Morgan fingerprint density at radius 3 is 2.41 bits per heavy atom. The molecule has 2 atom stereocenters. The van der Waals surface area contributed by atoms with Crippen LogP contribution in [0.15, 0.2) is 0 Å². The number of likely N-dealkylation sites (tertiary alicyclic amines) is 1. The molecule has 5 heteroatoms. The maximum Gasteiger partial charge on any atom is 0.224 e. The van der Waals surface area contributed by atoms with Crippen molar-refractivity contribution in [3.05, 3.63) is 0 Å². The number of methoxy groups -OCH3 is 1. The zero-order valence-electron chi connectivity index (χ0n) is 10.5. The second kappa shape index (κ2) is 7.19. The number of ether oxygens (including phenoxy) is 1. The Balaban J connectivity index is 0.00000144. The van der Waals surface area contributed by atoms with Crippen molar-refractivity contribution in [3.8, 4) is 0 Å². The van der Waals surface area contributed by atoms with Crippen molar-refractivity contribution >= 4 is 18.3 Å². The Bertz CT molecular complexity index is 237. The van der Waals surface area contributed by atoms with Crippen LogP contribution in [0.25, 0.3) is 0 Å². The first-order valence-electron chi connectivity index (χ1n) is 6.28. The zero-order chi connectivity index (χ0) is 11.4. The molecule has 0 bridgehead atoms. The zero-order valence-corrected chi connectivity index (χ0v) is 11.3. The van der Waals surface area contributed by atoms with Gasteiger partial charge in [0, 0.05) is 20.2 Å². The minimum atomic E-state index is 0. The highest BCUT2D eigenvalue weighted by Gasteiger charge is 2.31. The Labute approximate surface area is 109 Å². The topological polar surface area (TPSA) is 41.6 Å². The van der Waals surface area contributed by atoms with E-state index < -0.39 is 0 Å². The molecule has 2 rings (SSSR count). The fraction of sp³-hybridized carbons (Fsp3) is 0.917. The number of carbonyl (C=O) groups is 1. The van der Waals surface area contributed by atoms with Gasteiger partial charge in [0.05, 0.1) is 13.0 Å². The van der Waals surface area contributed by atoms with Gasteiger partial charge in [-0.2, -0.15) is 0 Å². The lowest BCUT2D eigenvalue weighted by molar-refractivity contribution is -0.132. The van der Waals surface area contributed by atoms with Gasteiger partial charge in [0.25, 0.3) is 0 Å². The quantitative estimate of drug-likeness (QED) is 0.822. The second-order valence-electron chi connectivity index (χ2n) is 4.88. The van der Waals surface area contributed by atoms with E-state index in [0.29, 0.717) is 13.0 Å². The fourth-order valence-electron chi connectivity index (χ4n) is 2.81. The van der Waals surface area contributed by atoms with Crippen molar-refractivity contribution in [2.75, 3.05) is 39.9 Å². The molecule has 0 aromatic rings. The third-order valence-electron chi connectivity index (χ3n) is 3.89. The molecule has 0 unspecified atom stereocenters. The molecule has 0 aliphatic carbocycles. The van der Waals surface area contributed by atoms with E-state index in [0.717, 1.165) is 50.9 Å². The lowest BCUT2D eigenvalue weighted by Gasteiger charge is -2.20. The highest BCUT2D eigenvalue weighted by molar-refractivity contribution is 5.85. The number of hydrogen-bond donors (Lipinski definition) is 1. The van der Waals surface area contributed by atoms with Crippen molar-refractivity contribution in [3.63, 3.8) is 0 Å². The van der Waals surface area contributed by atoms with Gasteiger partial charge in [-0.15, -0.1) is 12.4 Å². The molecule has 2 saturated heterocycles. The van der Waals surface area contributed by atoms with E-state index in [1.165, 1.54) is 0 Å². The van der Waals surface area contributed by atoms with Crippen LogP contribution < -0.4 is 5.32 Å². The predicted molar refractivity (Wildman–Crippen MR) is 69.4 cm³/mol.